The Morgan fingerprint density at radius 1 is 1.31 bits per heavy atom. The Morgan fingerprint density at radius 3 is 2.50 bits per heavy atom. The molecule has 0 amide bonds. The van der Waals surface area contributed by atoms with Crippen LogP contribution in [0.1, 0.15) is 18.5 Å². The predicted octanol–water partition coefficient (Wildman–Crippen LogP) is 2.36. The topological polar surface area (TPSA) is 44.5 Å². The van der Waals surface area contributed by atoms with Gasteiger partial charge in [0.15, 0.2) is 11.5 Å². The molecule has 1 aromatic carbocycles. The van der Waals surface area contributed by atoms with Gasteiger partial charge in [-0.25, -0.2) is 8.78 Å². The molecule has 0 radical (unpaired) electrons. The van der Waals surface area contributed by atoms with E-state index in [0.717, 1.165) is 5.56 Å². The van der Waals surface area contributed by atoms with Gasteiger partial charge >= 0.3 is 0 Å². The van der Waals surface area contributed by atoms with E-state index in [1.54, 1.807) is 18.2 Å². The Bertz CT molecular complexity index is 343. The lowest BCUT2D eigenvalue weighted by Crippen LogP contribution is -2.09. The summed E-state index contributed by atoms with van der Waals surface area (Å²) in [5, 5.41) is 0. The Balaban J connectivity index is 2.84. The molecular formula is C11H15F2NO2. The molecule has 0 unspecified atom stereocenters. The first-order valence-electron chi connectivity index (χ1n) is 4.89. The van der Waals surface area contributed by atoms with Crippen molar-refractivity contribution >= 4 is 0 Å². The number of nitrogens with two attached hydrogens (primary N) is 1. The number of halogens is 2. The molecule has 0 fully saturated rings. The van der Waals surface area contributed by atoms with Gasteiger partial charge in [-0.15, -0.1) is 0 Å². The predicted molar refractivity (Wildman–Crippen MR) is 57.1 cm³/mol. The monoisotopic (exact) mass is 231 g/mol. The van der Waals surface area contributed by atoms with Crippen LogP contribution in [0.3, 0.4) is 0 Å². The third-order valence-corrected chi connectivity index (χ3v) is 2.08. The third kappa shape index (κ3) is 3.34. The summed E-state index contributed by atoms with van der Waals surface area (Å²) >= 11 is 0. The lowest BCUT2D eigenvalue weighted by molar-refractivity contribution is 0.0804. The number of hydrogen-bond donors (Lipinski definition) is 1. The fraction of sp³-hybridized carbons (Fsp3) is 0.455. The molecule has 5 heteroatoms. The average Bonchev–Trinajstić information content (AvgIpc) is 2.25. The van der Waals surface area contributed by atoms with Gasteiger partial charge in [0.1, 0.15) is 6.61 Å². The van der Waals surface area contributed by atoms with Crippen LogP contribution in [-0.2, 0) is 0 Å². The van der Waals surface area contributed by atoms with E-state index in [1.165, 1.54) is 7.11 Å². The highest BCUT2D eigenvalue weighted by Crippen LogP contribution is 2.29. The van der Waals surface area contributed by atoms with Gasteiger partial charge in [0, 0.05) is 6.04 Å². The van der Waals surface area contributed by atoms with Gasteiger partial charge in [-0.05, 0) is 24.6 Å². The average molecular weight is 231 g/mol. The van der Waals surface area contributed by atoms with E-state index in [-0.39, 0.29) is 6.04 Å². The Kier molecular flexibility index (Phi) is 4.49. The molecule has 16 heavy (non-hydrogen) atoms. The second-order valence-corrected chi connectivity index (χ2v) is 3.40. The SMILES string of the molecule is COc1cc([C@H](C)N)ccc1OCC(F)F. The number of ether oxygens (including phenoxy) is 2. The number of benzene rings is 1. The van der Waals surface area contributed by atoms with Crippen molar-refractivity contribution in [2.24, 2.45) is 5.73 Å². The second kappa shape index (κ2) is 5.65. The van der Waals surface area contributed by atoms with E-state index in [9.17, 15) is 8.78 Å². The lowest BCUT2D eigenvalue weighted by Gasteiger charge is -2.13. The molecule has 0 saturated carbocycles. The van der Waals surface area contributed by atoms with Crippen molar-refractivity contribution < 1.29 is 18.3 Å². The Morgan fingerprint density at radius 2 is 2.00 bits per heavy atom. The second-order valence-electron chi connectivity index (χ2n) is 3.40. The highest BCUT2D eigenvalue weighted by Gasteiger charge is 2.10. The molecule has 0 saturated heterocycles. The molecule has 2 N–H and O–H groups in total. The highest BCUT2D eigenvalue weighted by molar-refractivity contribution is 5.43. The van der Waals surface area contributed by atoms with E-state index < -0.39 is 13.0 Å². The fourth-order valence-electron chi connectivity index (χ4n) is 1.24. The van der Waals surface area contributed by atoms with Crippen molar-refractivity contribution in [3.63, 3.8) is 0 Å². The van der Waals surface area contributed by atoms with E-state index in [1.807, 2.05) is 6.92 Å². The van der Waals surface area contributed by atoms with Crippen LogP contribution < -0.4 is 15.2 Å². The number of rotatable bonds is 5. The van der Waals surface area contributed by atoms with Gasteiger partial charge in [-0.1, -0.05) is 6.07 Å². The van der Waals surface area contributed by atoms with Crippen molar-refractivity contribution in [3.05, 3.63) is 23.8 Å². The van der Waals surface area contributed by atoms with Crippen LogP contribution >= 0.6 is 0 Å². The molecule has 0 heterocycles. The van der Waals surface area contributed by atoms with E-state index in [2.05, 4.69) is 0 Å². The van der Waals surface area contributed by atoms with Crippen molar-refractivity contribution in [3.8, 4) is 11.5 Å². The summed E-state index contributed by atoms with van der Waals surface area (Å²) in [5.74, 6) is 0.711. The van der Waals surface area contributed by atoms with Crippen molar-refractivity contribution in [1.29, 1.82) is 0 Å². The summed E-state index contributed by atoms with van der Waals surface area (Å²) in [7, 11) is 1.45. The molecule has 0 aromatic heterocycles. The number of alkyl halides is 2. The molecule has 1 rings (SSSR count). The molecule has 1 atom stereocenters. The van der Waals surface area contributed by atoms with Gasteiger partial charge in [-0.3, -0.25) is 0 Å². The molecular weight excluding hydrogens is 216 g/mol. The standard InChI is InChI=1S/C11H15F2NO2/c1-7(14)8-3-4-9(10(5-8)15-2)16-6-11(12)13/h3-5,7,11H,6,14H2,1-2H3/t7-/m0/s1. The number of hydrogen-bond acceptors (Lipinski definition) is 3. The molecule has 90 valence electrons. The van der Waals surface area contributed by atoms with E-state index in [0.29, 0.717) is 11.5 Å². The number of methoxy groups -OCH3 is 1. The molecule has 0 bridgehead atoms. The zero-order valence-electron chi connectivity index (χ0n) is 9.24. The van der Waals surface area contributed by atoms with Crippen LogP contribution in [0, 0.1) is 0 Å². The van der Waals surface area contributed by atoms with Crippen LogP contribution in [0.5, 0.6) is 11.5 Å². The van der Waals surface area contributed by atoms with E-state index in [4.69, 9.17) is 15.2 Å². The molecule has 0 aliphatic heterocycles. The molecule has 0 aliphatic rings. The largest absolute Gasteiger partial charge is 0.493 e. The summed E-state index contributed by atoms with van der Waals surface area (Å²) in [6, 6.07) is 4.86. The van der Waals surface area contributed by atoms with Crippen molar-refractivity contribution in [1.82, 2.24) is 0 Å². The smallest absolute Gasteiger partial charge is 0.272 e. The maximum absolute atomic E-state index is 12.0. The summed E-state index contributed by atoms with van der Waals surface area (Å²) < 4.78 is 33.9. The van der Waals surface area contributed by atoms with Gasteiger partial charge in [-0.2, -0.15) is 0 Å². The summed E-state index contributed by atoms with van der Waals surface area (Å²) in [6.45, 7) is 1.18. The minimum atomic E-state index is -2.50. The molecule has 3 nitrogen and oxygen atoms in total. The van der Waals surface area contributed by atoms with Gasteiger partial charge in [0.2, 0.25) is 0 Å². The lowest BCUT2D eigenvalue weighted by atomic mass is 10.1. The van der Waals surface area contributed by atoms with Crippen molar-refractivity contribution in [2.45, 2.75) is 19.4 Å². The molecule has 1 aromatic rings. The Hall–Kier alpha value is -1.36. The maximum Gasteiger partial charge on any atom is 0.272 e. The first kappa shape index (κ1) is 12.7. The maximum atomic E-state index is 12.0. The zero-order valence-corrected chi connectivity index (χ0v) is 9.24. The Labute approximate surface area is 93.2 Å². The quantitative estimate of drug-likeness (QED) is 0.846. The summed E-state index contributed by atoms with van der Waals surface area (Å²) in [6.07, 6.45) is -2.50. The van der Waals surface area contributed by atoms with Crippen LogP contribution in [0.25, 0.3) is 0 Å². The first-order chi connectivity index (χ1) is 7.54. The van der Waals surface area contributed by atoms with Crippen molar-refractivity contribution in [2.75, 3.05) is 13.7 Å². The first-order valence-corrected chi connectivity index (χ1v) is 4.89. The molecule has 0 aliphatic carbocycles. The van der Waals surface area contributed by atoms with Gasteiger partial charge in [0.25, 0.3) is 6.43 Å². The fourth-order valence-corrected chi connectivity index (χ4v) is 1.24. The zero-order chi connectivity index (χ0) is 12.1. The van der Waals surface area contributed by atoms with Gasteiger partial charge in [0.05, 0.1) is 7.11 Å². The molecule has 0 spiro atoms. The summed E-state index contributed by atoms with van der Waals surface area (Å²) in [4.78, 5) is 0. The van der Waals surface area contributed by atoms with Crippen LogP contribution in [-0.4, -0.2) is 20.1 Å². The third-order valence-electron chi connectivity index (χ3n) is 2.08. The summed E-state index contributed by atoms with van der Waals surface area (Å²) in [5.41, 5.74) is 6.56. The van der Waals surface area contributed by atoms with Gasteiger partial charge < -0.3 is 15.2 Å². The van der Waals surface area contributed by atoms with Crippen LogP contribution in [0.4, 0.5) is 8.78 Å². The van der Waals surface area contributed by atoms with Crippen LogP contribution in [0.15, 0.2) is 18.2 Å². The van der Waals surface area contributed by atoms with Crippen LogP contribution in [0.2, 0.25) is 0 Å². The normalized spacial score (nSPS) is 12.6. The minimum Gasteiger partial charge on any atom is -0.493 e. The minimum absolute atomic E-state index is 0.141. The highest BCUT2D eigenvalue weighted by atomic mass is 19.3. The van der Waals surface area contributed by atoms with E-state index >= 15 is 0 Å².